The second-order valence-electron chi connectivity index (χ2n) is 24.8. The molecule has 506 valence electrons. The van der Waals surface area contributed by atoms with Gasteiger partial charge in [0.05, 0.1) is 13.2 Å². The molecule has 0 aromatic heterocycles. The number of allylic oxidation sites excluding steroid dienone is 14. The number of rotatable bonds is 70. The third-order valence-corrected chi connectivity index (χ3v) is 17.2. The molecule has 0 fully saturated rings. The zero-order chi connectivity index (χ0) is 63.0. The summed E-state index contributed by atoms with van der Waals surface area (Å²) in [7, 11) is -4.40. The van der Waals surface area contributed by atoms with Gasteiger partial charge in [-0.25, -0.2) is 4.57 Å². The minimum Gasteiger partial charge on any atom is -0.462 e. The van der Waals surface area contributed by atoms with E-state index in [-0.39, 0.29) is 38.6 Å². The summed E-state index contributed by atoms with van der Waals surface area (Å²) in [4.78, 5) is 35.4. The molecule has 0 aliphatic heterocycles. The first-order valence-electron chi connectivity index (χ1n) is 37.1. The van der Waals surface area contributed by atoms with Crippen LogP contribution in [0.4, 0.5) is 0 Å². The first-order chi connectivity index (χ1) is 42.8. The molecule has 0 radical (unpaired) electrons. The Kier molecular flexibility index (Phi) is 69.9. The van der Waals surface area contributed by atoms with E-state index in [9.17, 15) is 19.0 Å². The van der Waals surface area contributed by atoms with E-state index in [2.05, 4.69) is 98.9 Å². The van der Waals surface area contributed by atoms with Crippen LogP contribution < -0.4 is 5.73 Å². The lowest BCUT2D eigenvalue weighted by molar-refractivity contribution is -0.161. The minimum absolute atomic E-state index is 0.0529. The number of nitrogens with two attached hydrogens (primary N) is 1. The Morgan fingerprint density at radius 3 is 0.943 bits per heavy atom. The van der Waals surface area contributed by atoms with Crippen LogP contribution in [-0.4, -0.2) is 49.3 Å². The molecule has 0 amide bonds. The molecule has 0 aromatic carbocycles. The molecule has 0 aliphatic rings. The average Bonchev–Trinajstić information content (AvgIpc) is 3.64. The predicted molar refractivity (Wildman–Crippen MR) is 376 cm³/mol. The quantitative estimate of drug-likeness (QED) is 0.0264. The molecule has 10 heteroatoms. The number of phosphoric ester groups is 1. The second-order valence-corrected chi connectivity index (χ2v) is 26.2. The van der Waals surface area contributed by atoms with Gasteiger partial charge in [0.15, 0.2) is 6.10 Å². The number of carbonyl (C=O) groups is 2. The number of carbonyl (C=O) groups excluding carboxylic acids is 2. The molecule has 2 unspecified atom stereocenters. The minimum atomic E-state index is -4.40. The van der Waals surface area contributed by atoms with Crippen molar-refractivity contribution in [3.05, 3.63) is 85.1 Å². The fourth-order valence-corrected chi connectivity index (χ4v) is 11.6. The highest BCUT2D eigenvalue weighted by molar-refractivity contribution is 7.47. The number of phosphoric acid groups is 1. The van der Waals surface area contributed by atoms with Gasteiger partial charge in [-0.2, -0.15) is 0 Å². The molecule has 0 spiro atoms. The fraction of sp³-hybridized carbons (Fsp3) is 0.792. The van der Waals surface area contributed by atoms with Gasteiger partial charge in [0.25, 0.3) is 0 Å². The normalized spacial score (nSPS) is 13.4. The molecule has 9 nitrogen and oxygen atoms in total. The van der Waals surface area contributed by atoms with Crippen molar-refractivity contribution in [2.75, 3.05) is 26.4 Å². The van der Waals surface area contributed by atoms with Crippen molar-refractivity contribution in [1.82, 2.24) is 0 Å². The van der Waals surface area contributed by atoms with Gasteiger partial charge in [0.2, 0.25) is 0 Å². The Morgan fingerprint density at radius 1 is 0.356 bits per heavy atom. The van der Waals surface area contributed by atoms with Crippen LogP contribution in [0.1, 0.15) is 361 Å². The van der Waals surface area contributed by atoms with Crippen molar-refractivity contribution < 1.29 is 37.6 Å². The van der Waals surface area contributed by atoms with Crippen molar-refractivity contribution in [2.45, 2.75) is 367 Å². The Balaban J connectivity index is 3.80. The van der Waals surface area contributed by atoms with E-state index >= 15 is 0 Å². The van der Waals surface area contributed by atoms with E-state index in [4.69, 9.17) is 24.3 Å². The SMILES string of the molecule is CC/C=C\C/C=C\C/C=C\C/C=C\CCCCCCCCCCCCCCCCCCCCCCCCCCCCC(=O)OC(COC(=O)CCCCCCCCCCCCCC/C=C\C/C=C\C/C=C\CCCCCCC)COP(=O)(O)OCCN. The van der Waals surface area contributed by atoms with Crippen molar-refractivity contribution in [3.8, 4) is 0 Å². The van der Waals surface area contributed by atoms with Crippen LogP contribution in [-0.2, 0) is 32.7 Å². The summed E-state index contributed by atoms with van der Waals surface area (Å²) in [6, 6.07) is 0. The van der Waals surface area contributed by atoms with E-state index in [0.717, 1.165) is 70.6 Å². The maximum Gasteiger partial charge on any atom is 0.472 e. The van der Waals surface area contributed by atoms with Crippen LogP contribution in [0.2, 0.25) is 0 Å². The smallest absolute Gasteiger partial charge is 0.462 e. The summed E-state index contributed by atoms with van der Waals surface area (Å²) in [6.07, 6.45) is 97.0. The standard InChI is InChI=1S/C77H140NO8P/c1-3-5-7-9-11-13-15-17-19-21-23-25-27-29-31-32-33-34-35-36-37-38-39-40-41-42-44-46-48-50-52-54-56-58-60-62-64-66-68-70-77(80)86-75(74-85-87(81,82)84-72-71-78)73-83-76(79)69-67-65-63-61-59-57-55-53-51-49-47-45-43-30-28-26-24-22-20-18-16-14-12-10-8-6-4-2/h5,7,11,13,16-19,22-25,28,30,75H,3-4,6,8-10,12,14-15,20-21,26-27,29,31-74,78H2,1-2H3,(H,81,82)/b7-5-,13-11-,18-16-,19-17-,24-22-,25-23-,30-28-. The van der Waals surface area contributed by atoms with Crippen LogP contribution in [0.5, 0.6) is 0 Å². The zero-order valence-electron chi connectivity index (χ0n) is 57.0. The van der Waals surface area contributed by atoms with E-state index < -0.39 is 26.5 Å². The Morgan fingerprint density at radius 2 is 0.632 bits per heavy atom. The highest BCUT2D eigenvalue weighted by Gasteiger charge is 2.26. The average molecular weight is 1240 g/mol. The van der Waals surface area contributed by atoms with Gasteiger partial charge in [-0.15, -0.1) is 0 Å². The van der Waals surface area contributed by atoms with E-state index in [1.165, 1.54) is 257 Å². The fourth-order valence-electron chi connectivity index (χ4n) is 10.8. The van der Waals surface area contributed by atoms with Crippen LogP contribution in [0, 0.1) is 0 Å². The van der Waals surface area contributed by atoms with Gasteiger partial charge in [0.1, 0.15) is 6.61 Å². The van der Waals surface area contributed by atoms with Gasteiger partial charge in [-0.3, -0.25) is 18.6 Å². The number of hydrogen-bond acceptors (Lipinski definition) is 8. The molecule has 0 bridgehead atoms. The molecular weight excluding hydrogens is 1100 g/mol. The maximum atomic E-state index is 12.8. The third kappa shape index (κ3) is 72.1. The van der Waals surface area contributed by atoms with Crippen LogP contribution >= 0.6 is 7.82 Å². The summed E-state index contributed by atoms with van der Waals surface area (Å²) in [6.45, 7) is 3.67. The topological polar surface area (TPSA) is 134 Å². The lowest BCUT2D eigenvalue weighted by atomic mass is 10.0. The molecule has 3 N–H and O–H groups in total. The Labute approximate surface area is 538 Å². The molecule has 0 aromatic rings. The van der Waals surface area contributed by atoms with Crippen molar-refractivity contribution in [2.24, 2.45) is 5.73 Å². The lowest BCUT2D eigenvalue weighted by Crippen LogP contribution is -2.29. The zero-order valence-corrected chi connectivity index (χ0v) is 57.9. The summed E-state index contributed by atoms with van der Waals surface area (Å²) in [5.41, 5.74) is 5.41. The number of hydrogen-bond donors (Lipinski definition) is 2. The molecule has 0 saturated carbocycles. The highest BCUT2D eigenvalue weighted by Crippen LogP contribution is 2.43. The molecule has 87 heavy (non-hydrogen) atoms. The summed E-state index contributed by atoms with van der Waals surface area (Å²) >= 11 is 0. The second kappa shape index (κ2) is 72.3. The monoisotopic (exact) mass is 1240 g/mol. The van der Waals surface area contributed by atoms with Crippen molar-refractivity contribution in [3.63, 3.8) is 0 Å². The number of unbranched alkanes of at least 4 members (excludes halogenated alkanes) is 43. The molecule has 0 heterocycles. The first kappa shape index (κ1) is 84.2. The molecule has 0 saturated heterocycles. The third-order valence-electron chi connectivity index (χ3n) is 16.3. The van der Waals surface area contributed by atoms with Crippen molar-refractivity contribution in [1.29, 1.82) is 0 Å². The molecule has 2 atom stereocenters. The molecule has 0 rings (SSSR count). The summed E-state index contributed by atoms with van der Waals surface area (Å²) in [5, 5.41) is 0. The number of esters is 2. The first-order valence-corrected chi connectivity index (χ1v) is 38.6. The Hall–Kier alpha value is -2.81. The lowest BCUT2D eigenvalue weighted by Gasteiger charge is -2.19. The van der Waals surface area contributed by atoms with E-state index in [0.29, 0.717) is 6.42 Å². The van der Waals surface area contributed by atoms with Gasteiger partial charge in [-0.1, -0.05) is 343 Å². The summed E-state index contributed by atoms with van der Waals surface area (Å²) < 4.78 is 33.2. The van der Waals surface area contributed by atoms with Crippen LogP contribution in [0.25, 0.3) is 0 Å². The van der Waals surface area contributed by atoms with E-state index in [1.807, 2.05) is 0 Å². The predicted octanol–water partition coefficient (Wildman–Crippen LogP) is 24.5. The molecule has 0 aliphatic carbocycles. The van der Waals surface area contributed by atoms with Gasteiger partial charge < -0.3 is 20.1 Å². The van der Waals surface area contributed by atoms with Gasteiger partial charge >= 0.3 is 19.8 Å². The largest absolute Gasteiger partial charge is 0.472 e. The highest BCUT2D eigenvalue weighted by atomic mass is 31.2. The Bertz CT molecular complexity index is 1700. The van der Waals surface area contributed by atoms with Gasteiger partial charge in [-0.05, 0) is 89.9 Å². The van der Waals surface area contributed by atoms with Crippen LogP contribution in [0.3, 0.4) is 0 Å². The summed E-state index contributed by atoms with van der Waals surface area (Å²) in [5.74, 6) is -0.814. The number of ether oxygens (including phenoxy) is 2. The maximum absolute atomic E-state index is 12.8. The van der Waals surface area contributed by atoms with E-state index in [1.54, 1.807) is 0 Å². The van der Waals surface area contributed by atoms with Gasteiger partial charge in [0, 0.05) is 19.4 Å². The molecular formula is C77H140NO8P. The van der Waals surface area contributed by atoms with Crippen molar-refractivity contribution >= 4 is 19.8 Å². The van der Waals surface area contributed by atoms with Crippen LogP contribution in [0.15, 0.2) is 85.1 Å².